The van der Waals surface area contributed by atoms with Crippen LogP contribution < -0.4 is 26.3 Å². The minimum absolute atomic E-state index is 0.0423. The summed E-state index contributed by atoms with van der Waals surface area (Å²) in [5.41, 5.74) is 13.1. The molecule has 12 nitrogen and oxygen atoms in total. The summed E-state index contributed by atoms with van der Waals surface area (Å²) < 4.78 is 10.2. The van der Waals surface area contributed by atoms with Crippen LogP contribution in [0.15, 0.2) is 42.5 Å². The molecule has 1 amide bonds. The topological polar surface area (TPSA) is 208 Å². The number of aliphatic carboxylic acids is 2. The van der Waals surface area contributed by atoms with E-state index in [1.807, 2.05) is 0 Å². The van der Waals surface area contributed by atoms with Gasteiger partial charge in [0, 0.05) is 22.6 Å². The Hall–Kier alpha value is -4.36. The Morgan fingerprint density at radius 3 is 1.95 bits per heavy atom. The van der Waals surface area contributed by atoms with Gasteiger partial charge in [-0.25, -0.2) is 9.59 Å². The zero-order valence-electron chi connectivity index (χ0n) is 22.0. The molecule has 0 heterocycles. The lowest BCUT2D eigenvalue weighted by Crippen LogP contribution is -2.42. The number of carboxylic acids is 2. The highest BCUT2D eigenvalue weighted by Crippen LogP contribution is 2.32. The molecule has 0 saturated heterocycles. The van der Waals surface area contributed by atoms with E-state index >= 15 is 0 Å². The van der Waals surface area contributed by atoms with Gasteiger partial charge in [-0.1, -0.05) is 36.5 Å². The zero-order valence-corrected chi connectivity index (χ0v) is 22.9. The van der Waals surface area contributed by atoms with E-state index in [2.05, 4.69) is 5.32 Å². The van der Waals surface area contributed by atoms with Gasteiger partial charge >= 0.3 is 11.9 Å². The Morgan fingerprint density at radius 1 is 0.854 bits per heavy atom. The lowest BCUT2D eigenvalue weighted by atomic mass is 9.76. The Bertz CT molecular complexity index is 1320. The summed E-state index contributed by atoms with van der Waals surface area (Å²) in [4.78, 5) is 60.2. The molecule has 7 N–H and O–H groups in total. The van der Waals surface area contributed by atoms with Crippen molar-refractivity contribution in [3.05, 3.63) is 59.2 Å². The molecule has 218 valence electrons. The quantitative estimate of drug-likeness (QED) is 0.158. The number of Topliss-reactive ketones (excluding diaryl/α,β-unsaturated/α-hetero) is 2. The van der Waals surface area contributed by atoms with E-state index < -0.39 is 37.0 Å². The standard InChI is InChI=1S/C28H31N3O9S/c29-25(26(37)16-3-5-17(6-4-16)27(30)41)15-1-7-18(8-2-15)28(38)31-12-20(32)19-9-10-21(39-13-23(33)34)22(11-19)40-14-24(35)36/h3-6,9-11,15,18,25H,1-2,7-8,12-14,29H2,(H2,30,41)(H,31,38)(H,33,34)(H,35,36). The second-order valence-corrected chi connectivity index (χ2v) is 10.1. The van der Waals surface area contributed by atoms with Crippen LogP contribution in [-0.2, 0) is 14.4 Å². The van der Waals surface area contributed by atoms with Gasteiger partial charge < -0.3 is 36.5 Å². The van der Waals surface area contributed by atoms with E-state index in [0.717, 1.165) is 0 Å². The maximum absolute atomic E-state index is 12.9. The number of hydrogen-bond acceptors (Lipinski definition) is 9. The van der Waals surface area contributed by atoms with E-state index in [4.69, 9.17) is 43.4 Å². The number of ether oxygens (including phenoxy) is 2. The van der Waals surface area contributed by atoms with Crippen molar-refractivity contribution in [3.63, 3.8) is 0 Å². The molecule has 1 unspecified atom stereocenters. The second kappa shape index (κ2) is 14.3. The van der Waals surface area contributed by atoms with Crippen LogP contribution >= 0.6 is 12.2 Å². The van der Waals surface area contributed by atoms with Gasteiger partial charge in [-0.15, -0.1) is 0 Å². The lowest BCUT2D eigenvalue weighted by molar-refractivity contribution is -0.140. The van der Waals surface area contributed by atoms with Crippen molar-refractivity contribution in [3.8, 4) is 11.5 Å². The van der Waals surface area contributed by atoms with Gasteiger partial charge in [0.05, 0.1) is 12.6 Å². The van der Waals surface area contributed by atoms with Crippen LogP contribution in [-0.4, -0.2) is 70.4 Å². The smallest absolute Gasteiger partial charge is 0.341 e. The maximum Gasteiger partial charge on any atom is 0.341 e. The van der Waals surface area contributed by atoms with E-state index in [0.29, 0.717) is 36.8 Å². The monoisotopic (exact) mass is 585 g/mol. The third kappa shape index (κ3) is 8.82. The number of carbonyl (C=O) groups excluding carboxylic acids is 3. The normalized spacial score (nSPS) is 17.1. The maximum atomic E-state index is 12.9. The molecular formula is C28H31N3O9S. The predicted octanol–water partition coefficient (Wildman–Crippen LogP) is 1.56. The fourth-order valence-electron chi connectivity index (χ4n) is 4.55. The number of carbonyl (C=O) groups is 5. The molecule has 2 aromatic carbocycles. The second-order valence-electron chi connectivity index (χ2n) is 9.61. The number of carboxylic acid groups (broad SMARTS) is 2. The average molecular weight is 586 g/mol. The van der Waals surface area contributed by atoms with Crippen molar-refractivity contribution in [1.82, 2.24) is 5.32 Å². The van der Waals surface area contributed by atoms with Crippen molar-refractivity contribution in [2.24, 2.45) is 23.3 Å². The van der Waals surface area contributed by atoms with Crippen LogP contribution in [0.4, 0.5) is 0 Å². The number of thiocarbonyl (C=S) groups is 1. The van der Waals surface area contributed by atoms with Gasteiger partial charge in [0.2, 0.25) is 5.91 Å². The van der Waals surface area contributed by atoms with E-state index in [-0.39, 0.29) is 52.1 Å². The number of rotatable bonds is 14. The summed E-state index contributed by atoms with van der Waals surface area (Å²) in [6.45, 7) is -1.73. The highest BCUT2D eigenvalue weighted by molar-refractivity contribution is 7.80. The third-order valence-corrected chi connectivity index (χ3v) is 7.03. The van der Waals surface area contributed by atoms with Gasteiger partial charge in [-0.05, 0) is 49.8 Å². The van der Waals surface area contributed by atoms with Crippen molar-refractivity contribution in [2.45, 2.75) is 31.7 Å². The van der Waals surface area contributed by atoms with Crippen LogP contribution in [0.2, 0.25) is 0 Å². The first-order chi connectivity index (χ1) is 19.5. The van der Waals surface area contributed by atoms with Crippen molar-refractivity contribution in [2.75, 3.05) is 19.8 Å². The SMILES string of the molecule is NC(=S)c1ccc(C(=O)C(N)C2CCC(C(=O)NCC(=O)c3ccc(OCC(=O)O)c(OCC(=O)O)c3)CC2)cc1. The van der Waals surface area contributed by atoms with Crippen LogP contribution in [0.25, 0.3) is 0 Å². The molecule has 1 atom stereocenters. The molecule has 0 spiro atoms. The summed E-state index contributed by atoms with van der Waals surface area (Å²) in [5, 5.41) is 20.3. The minimum atomic E-state index is -1.27. The molecule has 1 fully saturated rings. The van der Waals surface area contributed by atoms with E-state index in [1.54, 1.807) is 24.3 Å². The number of hydrogen-bond donors (Lipinski definition) is 5. The molecule has 1 saturated carbocycles. The van der Waals surface area contributed by atoms with Crippen molar-refractivity contribution >= 4 is 46.6 Å². The fraction of sp³-hybridized carbons (Fsp3) is 0.357. The van der Waals surface area contributed by atoms with Gasteiger partial charge in [-0.3, -0.25) is 14.4 Å². The van der Waals surface area contributed by atoms with Crippen molar-refractivity contribution in [1.29, 1.82) is 0 Å². The van der Waals surface area contributed by atoms with Crippen LogP contribution in [0.3, 0.4) is 0 Å². The number of benzene rings is 2. The minimum Gasteiger partial charge on any atom is -0.479 e. The van der Waals surface area contributed by atoms with Crippen LogP contribution in [0.5, 0.6) is 11.5 Å². The van der Waals surface area contributed by atoms with Gasteiger partial charge in [-0.2, -0.15) is 0 Å². The third-order valence-electron chi connectivity index (χ3n) is 6.80. The Kier molecular flexibility index (Phi) is 10.9. The number of amides is 1. The van der Waals surface area contributed by atoms with Crippen molar-refractivity contribution < 1.29 is 43.7 Å². The molecule has 2 aromatic rings. The first kappa shape index (κ1) is 31.2. The molecule has 1 aliphatic carbocycles. The number of nitrogens with one attached hydrogen (secondary N) is 1. The van der Waals surface area contributed by atoms with Gasteiger partial charge in [0.25, 0.3) is 0 Å². The highest BCUT2D eigenvalue weighted by atomic mass is 32.1. The molecule has 0 bridgehead atoms. The van der Waals surface area contributed by atoms with Crippen LogP contribution in [0.1, 0.15) is 52.0 Å². The first-order valence-electron chi connectivity index (χ1n) is 12.8. The molecule has 13 heteroatoms. The fourth-order valence-corrected chi connectivity index (χ4v) is 4.69. The molecule has 0 radical (unpaired) electrons. The lowest BCUT2D eigenvalue weighted by Gasteiger charge is -2.31. The summed E-state index contributed by atoms with van der Waals surface area (Å²) in [7, 11) is 0. The molecule has 0 aliphatic heterocycles. The number of ketones is 2. The Balaban J connectivity index is 1.52. The molecule has 1 aliphatic rings. The van der Waals surface area contributed by atoms with Gasteiger partial charge in [0.1, 0.15) is 4.99 Å². The van der Waals surface area contributed by atoms with Gasteiger partial charge in [0.15, 0.2) is 36.3 Å². The molecule has 0 aromatic heterocycles. The largest absolute Gasteiger partial charge is 0.479 e. The Morgan fingerprint density at radius 2 is 1.39 bits per heavy atom. The summed E-state index contributed by atoms with van der Waals surface area (Å²) in [6, 6.07) is 9.82. The number of nitrogens with two attached hydrogens (primary N) is 2. The molecule has 41 heavy (non-hydrogen) atoms. The average Bonchev–Trinajstić information content (AvgIpc) is 2.96. The molecule has 3 rings (SSSR count). The Labute approximate surface area is 241 Å². The van der Waals surface area contributed by atoms with E-state index in [9.17, 15) is 24.0 Å². The first-order valence-corrected chi connectivity index (χ1v) is 13.2. The predicted molar refractivity (Wildman–Crippen MR) is 150 cm³/mol. The zero-order chi connectivity index (χ0) is 30.1. The van der Waals surface area contributed by atoms with E-state index in [1.165, 1.54) is 18.2 Å². The summed E-state index contributed by atoms with van der Waals surface area (Å²) >= 11 is 4.93. The molecular weight excluding hydrogens is 554 g/mol. The highest BCUT2D eigenvalue weighted by Gasteiger charge is 2.32. The summed E-state index contributed by atoms with van der Waals surface area (Å²) in [6.07, 6.45) is 2.17. The summed E-state index contributed by atoms with van der Waals surface area (Å²) in [5.74, 6) is -4.06. The van der Waals surface area contributed by atoms with Crippen LogP contribution in [0, 0.1) is 11.8 Å².